The molecule has 1 aliphatic heterocycles. The van der Waals surface area contributed by atoms with Crippen LogP contribution >= 0.6 is 23.7 Å². The number of aromatic nitrogens is 2. The number of carbonyl (C=O) groups excluding carboxylic acids is 1. The van der Waals surface area contributed by atoms with E-state index in [2.05, 4.69) is 15.3 Å². The van der Waals surface area contributed by atoms with Gasteiger partial charge in [-0.05, 0) is 39.3 Å². The molecule has 8 heteroatoms. The summed E-state index contributed by atoms with van der Waals surface area (Å²) in [6.07, 6.45) is 2.43. The Morgan fingerprint density at radius 2 is 2.30 bits per heavy atom. The van der Waals surface area contributed by atoms with Crippen molar-refractivity contribution in [2.75, 3.05) is 19.6 Å². The molecule has 0 spiro atoms. The molecule has 23 heavy (non-hydrogen) atoms. The van der Waals surface area contributed by atoms with E-state index in [1.165, 1.54) is 6.39 Å². The second-order valence-electron chi connectivity index (χ2n) is 5.66. The zero-order valence-electron chi connectivity index (χ0n) is 13.2. The molecule has 3 heterocycles. The van der Waals surface area contributed by atoms with Crippen molar-refractivity contribution in [3.05, 3.63) is 33.9 Å². The normalized spacial score (nSPS) is 17.0. The van der Waals surface area contributed by atoms with Gasteiger partial charge in [0.15, 0.2) is 12.1 Å². The fourth-order valence-corrected chi connectivity index (χ4v) is 3.50. The van der Waals surface area contributed by atoms with Crippen LogP contribution in [-0.4, -0.2) is 40.4 Å². The Balaban J connectivity index is 0.00000192. The van der Waals surface area contributed by atoms with Crippen molar-refractivity contribution in [2.45, 2.75) is 26.8 Å². The van der Waals surface area contributed by atoms with Gasteiger partial charge < -0.3 is 14.6 Å². The number of oxazole rings is 1. The summed E-state index contributed by atoms with van der Waals surface area (Å²) in [5, 5.41) is 3.35. The molecule has 0 aliphatic carbocycles. The molecule has 2 aromatic rings. The van der Waals surface area contributed by atoms with E-state index < -0.39 is 0 Å². The maximum absolute atomic E-state index is 12.8. The lowest BCUT2D eigenvalue weighted by Crippen LogP contribution is -2.36. The van der Waals surface area contributed by atoms with E-state index in [1.54, 1.807) is 18.3 Å². The minimum absolute atomic E-state index is 0. The molecule has 1 atom stereocenters. The van der Waals surface area contributed by atoms with Crippen molar-refractivity contribution in [2.24, 2.45) is 5.92 Å². The number of carbonyl (C=O) groups is 1. The highest BCUT2D eigenvalue weighted by Crippen LogP contribution is 2.20. The second-order valence-corrected chi connectivity index (χ2v) is 6.60. The summed E-state index contributed by atoms with van der Waals surface area (Å²) < 4.78 is 5.18. The van der Waals surface area contributed by atoms with Crippen LogP contribution in [0.25, 0.3) is 0 Å². The molecule has 0 aromatic carbocycles. The first kappa shape index (κ1) is 17.9. The lowest BCUT2D eigenvalue weighted by Gasteiger charge is -2.24. The molecule has 1 saturated heterocycles. The fourth-order valence-electron chi connectivity index (χ4n) is 2.71. The van der Waals surface area contributed by atoms with Crippen LogP contribution in [0.5, 0.6) is 0 Å². The Labute approximate surface area is 145 Å². The highest BCUT2D eigenvalue weighted by Gasteiger charge is 2.26. The van der Waals surface area contributed by atoms with E-state index in [0.717, 1.165) is 36.6 Å². The van der Waals surface area contributed by atoms with Gasteiger partial charge in [0.05, 0.1) is 17.7 Å². The fraction of sp³-hybridized carbons (Fsp3) is 0.533. The molecule has 2 aromatic heterocycles. The van der Waals surface area contributed by atoms with Crippen molar-refractivity contribution in [3.8, 4) is 0 Å². The standard InChI is InChI=1S/C15H20N4O2S.ClH/c1-10-13(22-9-18-10)7-19(6-12-3-4-16-5-12)15(20)14-11(2)21-8-17-14;/h8-9,12,16H,3-7H2,1-2H3;1H. The van der Waals surface area contributed by atoms with Gasteiger partial charge in [-0.1, -0.05) is 0 Å². The second kappa shape index (κ2) is 7.90. The van der Waals surface area contributed by atoms with E-state index in [0.29, 0.717) is 23.9 Å². The lowest BCUT2D eigenvalue weighted by atomic mass is 10.1. The Bertz CT molecular complexity index is 651. The van der Waals surface area contributed by atoms with Crippen LogP contribution < -0.4 is 5.32 Å². The van der Waals surface area contributed by atoms with E-state index in [-0.39, 0.29) is 18.3 Å². The number of nitrogens with one attached hydrogen (secondary N) is 1. The van der Waals surface area contributed by atoms with Gasteiger partial charge in [-0.2, -0.15) is 0 Å². The molecule has 0 saturated carbocycles. The zero-order valence-corrected chi connectivity index (χ0v) is 14.9. The maximum Gasteiger partial charge on any atom is 0.276 e. The van der Waals surface area contributed by atoms with Crippen molar-refractivity contribution in [1.82, 2.24) is 20.2 Å². The highest BCUT2D eigenvalue weighted by molar-refractivity contribution is 7.09. The summed E-state index contributed by atoms with van der Waals surface area (Å²) in [4.78, 5) is 24.2. The molecule has 0 radical (unpaired) electrons. The smallest absolute Gasteiger partial charge is 0.276 e. The van der Waals surface area contributed by atoms with Crippen LogP contribution in [-0.2, 0) is 6.54 Å². The molecule has 0 bridgehead atoms. The summed E-state index contributed by atoms with van der Waals surface area (Å²) >= 11 is 1.59. The van der Waals surface area contributed by atoms with Gasteiger partial charge in [0, 0.05) is 11.4 Å². The molecule has 1 aliphatic rings. The predicted octanol–water partition coefficient (Wildman–Crippen LogP) is 2.42. The average molecular weight is 357 g/mol. The quantitative estimate of drug-likeness (QED) is 0.890. The van der Waals surface area contributed by atoms with E-state index in [9.17, 15) is 4.79 Å². The maximum atomic E-state index is 12.8. The van der Waals surface area contributed by atoms with E-state index in [4.69, 9.17) is 4.42 Å². The molecule has 1 amide bonds. The van der Waals surface area contributed by atoms with Gasteiger partial charge in [-0.15, -0.1) is 23.7 Å². The largest absolute Gasteiger partial charge is 0.448 e. The van der Waals surface area contributed by atoms with Crippen LogP contribution in [0, 0.1) is 19.8 Å². The van der Waals surface area contributed by atoms with Gasteiger partial charge in [0.1, 0.15) is 5.76 Å². The van der Waals surface area contributed by atoms with Crippen LogP contribution in [0.2, 0.25) is 0 Å². The summed E-state index contributed by atoms with van der Waals surface area (Å²) in [5.74, 6) is 0.996. The van der Waals surface area contributed by atoms with Crippen LogP contribution in [0.4, 0.5) is 0 Å². The monoisotopic (exact) mass is 356 g/mol. The zero-order chi connectivity index (χ0) is 15.5. The number of aryl methyl sites for hydroxylation is 2. The first-order chi connectivity index (χ1) is 10.6. The van der Waals surface area contributed by atoms with Gasteiger partial charge in [-0.25, -0.2) is 9.97 Å². The van der Waals surface area contributed by atoms with Gasteiger partial charge in [-0.3, -0.25) is 4.79 Å². The van der Waals surface area contributed by atoms with Crippen molar-refractivity contribution < 1.29 is 9.21 Å². The number of amides is 1. The molecular formula is C15H21ClN4O2S. The Morgan fingerprint density at radius 1 is 1.48 bits per heavy atom. The van der Waals surface area contributed by atoms with Crippen LogP contribution in [0.15, 0.2) is 16.3 Å². The minimum atomic E-state index is -0.0639. The summed E-state index contributed by atoms with van der Waals surface area (Å²) in [6.45, 7) is 7.05. The number of thiazole rings is 1. The Morgan fingerprint density at radius 3 is 2.87 bits per heavy atom. The van der Waals surface area contributed by atoms with Gasteiger partial charge in [0.25, 0.3) is 5.91 Å². The summed E-state index contributed by atoms with van der Waals surface area (Å²) in [7, 11) is 0. The van der Waals surface area contributed by atoms with Crippen LogP contribution in [0.1, 0.15) is 33.2 Å². The van der Waals surface area contributed by atoms with E-state index >= 15 is 0 Å². The van der Waals surface area contributed by atoms with Crippen molar-refractivity contribution in [3.63, 3.8) is 0 Å². The number of hydrogen-bond donors (Lipinski definition) is 1. The molecule has 1 fully saturated rings. The molecule has 3 rings (SSSR count). The van der Waals surface area contributed by atoms with Crippen LogP contribution in [0.3, 0.4) is 0 Å². The summed E-state index contributed by atoms with van der Waals surface area (Å²) in [6, 6.07) is 0. The van der Waals surface area contributed by atoms with Gasteiger partial charge in [0.2, 0.25) is 0 Å². The van der Waals surface area contributed by atoms with E-state index in [1.807, 2.05) is 17.3 Å². The molecule has 1 N–H and O–H groups in total. The average Bonchev–Trinajstić information content (AvgIpc) is 3.22. The van der Waals surface area contributed by atoms with Crippen molar-refractivity contribution >= 4 is 29.7 Å². The number of halogens is 1. The third-order valence-corrected chi connectivity index (χ3v) is 4.97. The number of rotatable bonds is 5. The molecular weight excluding hydrogens is 336 g/mol. The molecule has 1 unspecified atom stereocenters. The minimum Gasteiger partial charge on any atom is -0.448 e. The predicted molar refractivity (Wildman–Crippen MR) is 91.1 cm³/mol. The SMILES string of the molecule is Cc1ncsc1CN(CC1CCNC1)C(=O)c1ncoc1C.Cl. The Kier molecular flexibility index (Phi) is 6.15. The first-order valence-corrected chi connectivity index (χ1v) is 8.32. The lowest BCUT2D eigenvalue weighted by molar-refractivity contribution is 0.0713. The number of nitrogens with zero attached hydrogens (tertiary/aromatic N) is 3. The highest BCUT2D eigenvalue weighted by atomic mass is 35.5. The summed E-state index contributed by atoms with van der Waals surface area (Å²) in [5.41, 5.74) is 3.23. The van der Waals surface area contributed by atoms with Gasteiger partial charge >= 0.3 is 0 Å². The number of hydrogen-bond acceptors (Lipinski definition) is 6. The van der Waals surface area contributed by atoms with Crippen molar-refractivity contribution in [1.29, 1.82) is 0 Å². The molecule has 6 nitrogen and oxygen atoms in total. The third kappa shape index (κ3) is 4.10. The molecule has 126 valence electrons. The Hall–Kier alpha value is -1.44. The topological polar surface area (TPSA) is 71.3 Å². The first-order valence-electron chi connectivity index (χ1n) is 7.44. The third-order valence-electron chi connectivity index (χ3n) is 4.05.